The summed E-state index contributed by atoms with van der Waals surface area (Å²) in [7, 11) is 0. The Bertz CT molecular complexity index is 759. The van der Waals surface area contributed by atoms with Gasteiger partial charge in [0.2, 0.25) is 0 Å². The van der Waals surface area contributed by atoms with Gasteiger partial charge in [-0.15, -0.1) is 0 Å². The summed E-state index contributed by atoms with van der Waals surface area (Å²) in [4.78, 5) is 16.2. The SMILES string of the molecule is Nc1ccc2c(c1)CCC1(CC2)OC(=O)Nc2ncccc21. The monoisotopic (exact) mass is 295 g/mol. The lowest BCUT2D eigenvalue weighted by atomic mass is 9.85. The van der Waals surface area contributed by atoms with E-state index in [1.807, 2.05) is 24.3 Å². The van der Waals surface area contributed by atoms with Gasteiger partial charge in [0.25, 0.3) is 0 Å². The Balaban J connectivity index is 1.76. The van der Waals surface area contributed by atoms with Gasteiger partial charge in [-0.3, -0.25) is 5.32 Å². The first-order chi connectivity index (χ1) is 10.7. The zero-order chi connectivity index (χ0) is 15.2. The Morgan fingerprint density at radius 1 is 1.18 bits per heavy atom. The number of benzene rings is 1. The number of amides is 1. The zero-order valence-electron chi connectivity index (χ0n) is 12.1. The van der Waals surface area contributed by atoms with Crippen LogP contribution in [0.3, 0.4) is 0 Å². The number of carbonyl (C=O) groups excluding carboxylic acids is 1. The first kappa shape index (κ1) is 13.1. The van der Waals surface area contributed by atoms with Gasteiger partial charge in [0.15, 0.2) is 0 Å². The van der Waals surface area contributed by atoms with Crippen molar-refractivity contribution in [2.24, 2.45) is 0 Å². The molecular weight excluding hydrogens is 278 g/mol. The molecule has 0 saturated heterocycles. The van der Waals surface area contributed by atoms with Crippen LogP contribution in [0, 0.1) is 0 Å². The van der Waals surface area contributed by atoms with E-state index in [0.717, 1.165) is 36.9 Å². The van der Waals surface area contributed by atoms with Crippen LogP contribution in [0.25, 0.3) is 0 Å². The topological polar surface area (TPSA) is 77.2 Å². The number of nitrogens with two attached hydrogens (primary N) is 1. The van der Waals surface area contributed by atoms with Crippen molar-refractivity contribution in [2.75, 3.05) is 11.1 Å². The summed E-state index contributed by atoms with van der Waals surface area (Å²) in [5.74, 6) is 0.615. The summed E-state index contributed by atoms with van der Waals surface area (Å²) in [5, 5.41) is 2.69. The minimum atomic E-state index is -0.598. The minimum Gasteiger partial charge on any atom is -0.438 e. The molecule has 0 saturated carbocycles. The number of pyridine rings is 1. The van der Waals surface area contributed by atoms with Gasteiger partial charge in [0.1, 0.15) is 11.4 Å². The van der Waals surface area contributed by atoms with Crippen molar-refractivity contribution >= 4 is 17.6 Å². The molecule has 1 unspecified atom stereocenters. The summed E-state index contributed by atoms with van der Waals surface area (Å²) in [6.45, 7) is 0. The lowest BCUT2D eigenvalue weighted by Gasteiger charge is -2.37. The highest BCUT2D eigenvalue weighted by Gasteiger charge is 2.43. The van der Waals surface area contributed by atoms with Crippen LogP contribution in [0.15, 0.2) is 36.5 Å². The number of aromatic nitrogens is 1. The average molecular weight is 295 g/mol. The second kappa shape index (κ2) is 4.73. The molecule has 5 heteroatoms. The Morgan fingerprint density at radius 3 is 2.86 bits per heavy atom. The second-order valence-electron chi connectivity index (χ2n) is 5.94. The van der Waals surface area contributed by atoms with Crippen molar-refractivity contribution in [3.05, 3.63) is 53.2 Å². The molecule has 1 aliphatic carbocycles. The average Bonchev–Trinajstić information content (AvgIpc) is 2.68. The van der Waals surface area contributed by atoms with Crippen LogP contribution in [0.5, 0.6) is 0 Å². The van der Waals surface area contributed by atoms with Crippen molar-refractivity contribution in [3.63, 3.8) is 0 Å². The Labute approximate surface area is 128 Å². The molecule has 0 fully saturated rings. The van der Waals surface area contributed by atoms with E-state index in [1.165, 1.54) is 11.1 Å². The van der Waals surface area contributed by atoms with E-state index in [-0.39, 0.29) is 0 Å². The number of fused-ring (bicyclic) bond motifs is 3. The Kier molecular flexibility index (Phi) is 2.82. The van der Waals surface area contributed by atoms with Crippen LogP contribution >= 0.6 is 0 Å². The fourth-order valence-corrected chi connectivity index (χ4v) is 3.52. The van der Waals surface area contributed by atoms with Gasteiger partial charge >= 0.3 is 6.09 Å². The number of hydrogen-bond acceptors (Lipinski definition) is 4. The number of hydrogen-bond donors (Lipinski definition) is 2. The van der Waals surface area contributed by atoms with E-state index >= 15 is 0 Å². The van der Waals surface area contributed by atoms with E-state index in [4.69, 9.17) is 10.5 Å². The molecular formula is C17H17N3O2. The van der Waals surface area contributed by atoms with Crippen molar-refractivity contribution in [1.29, 1.82) is 0 Å². The maximum atomic E-state index is 11.9. The number of ether oxygens (including phenoxy) is 1. The molecule has 4 rings (SSSR count). The smallest absolute Gasteiger partial charge is 0.413 e. The number of nitrogens with one attached hydrogen (secondary N) is 1. The molecule has 1 aromatic heterocycles. The summed E-state index contributed by atoms with van der Waals surface area (Å²) in [6.07, 6.45) is 4.46. The minimum absolute atomic E-state index is 0.420. The third-order valence-corrected chi connectivity index (χ3v) is 4.63. The molecule has 2 aromatic rings. The van der Waals surface area contributed by atoms with Crippen LogP contribution in [0.1, 0.15) is 29.5 Å². The fraction of sp³-hybridized carbons (Fsp3) is 0.294. The lowest BCUT2D eigenvalue weighted by Crippen LogP contribution is -2.40. The molecule has 1 atom stereocenters. The van der Waals surface area contributed by atoms with E-state index in [2.05, 4.69) is 16.4 Å². The zero-order valence-corrected chi connectivity index (χ0v) is 12.1. The second-order valence-corrected chi connectivity index (χ2v) is 5.94. The van der Waals surface area contributed by atoms with Gasteiger partial charge in [0, 0.05) is 17.4 Å². The number of rotatable bonds is 0. The highest BCUT2D eigenvalue weighted by atomic mass is 16.6. The van der Waals surface area contributed by atoms with E-state index in [1.54, 1.807) is 6.20 Å². The predicted molar refractivity (Wildman–Crippen MR) is 83.5 cm³/mol. The molecule has 1 aromatic carbocycles. The van der Waals surface area contributed by atoms with E-state index in [9.17, 15) is 4.79 Å². The van der Waals surface area contributed by atoms with E-state index in [0.29, 0.717) is 5.82 Å². The maximum absolute atomic E-state index is 11.9. The molecule has 5 nitrogen and oxygen atoms in total. The number of carbonyl (C=O) groups is 1. The molecule has 0 radical (unpaired) electrons. The van der Waals surface area contributed by atoms with Crippen LogP contribution in [0.4, 0.5) is 16.3 Å². The largest absolute Gasteiger partial charge is 0.438 e. The third kappa shape index (κ3) is 2.01. The molecule has 0 bridgehead atoms. The number of anilines is 2. The maximum Gasteiger partial charge on any atom is 0.413 e. The normalized spacial score (nSPS) is 23.0. The molecule has 112 valence electrons. The van der Waals surface area contributed by atoms with Crippen LogP contribution in [0.2, 0.25) is 0 Å². The predicted octanol–water partition coefficient (Wildman–Crippen LogP) is 3.00. The molecule has 2 heterocycles. The highest BCUT2D eigenvalue weighted by molar-refractivity contribution is 5.87. The van der Waals surface area contributed by atoms with Crippen LogP contribution in [-0.2, 0) is 23.2 Å². The van der Waals surface area contributed by atoms with Crippen LogP contribution < -0.4 is 11.1 Å². The van der Waals surface area contributed by atoms with Crippen molar-refractivity contribution in [1.82, 2.24) is 4.98 Å². The summed E-state index contributed by atoms with van der Waals surface area (Å²) < 4.78 is 5.76. The standard InChI is InChI=1S/C17H17N3O2/c18-13-4-3-11-5-7-17(8-6-12(11)10-13)14-2-1-9-19-15(14)20-16(21)22-17/h1-4,9-10H,5-8,18H2,(H,19,20,21). The summed E-state index contributed by atoms with van der Waals surface area (Å²) in [5.41, 5.74) is 9.57. The van der Waals surface area contributed by atoms with Crippen molar-refractivity contribution < 1.29 is 9.53 Å². The van der Waals surface area contributed by atoms with Crippen molar-refractivity contribution in [3.8, 4) is 0 Å². The van der Waals surface area contributed by atoms with Gasteiger partial charge in [-0.25, -0.2) is 9.78 Å². The van der Waals surface area contributed by atoms with Crippen LogP contribution in [-0.4, -0.2) is 11.1 Å². The first-order valence-corrected chi connectivity index (χ1v) is 7.49. The molecule has 3 N–H and O–H groups in total. The van der Waals surface area contributed by atoms with Gasteiger partial charge in [-0.05, 0) is 61.1 Å². The fourth-order valence-electron chi connectivity index (χ4n) is 3.52. The third-order valence-electron chi connectivity index (χ3n) is 4.63. The van der Waals surface area contributed by atoms with Gasteiger partial charge in [-0.2, -0.15) is 0 Å². The number of nitrogens with zero attached hydrogens (tertiary/aromatic N) is 1. The van der Waals surface area contributed by atoms with Gasteiger partial charge in [-0.1, -0.05) is 6.07 Å². The lowest BCUT2D eigenvalue weighted by molar-refractivity contribution is -0.000966. The quantitative estimate of drug-likeness (QED) is 0.732. The molecule has 1 aliphatic heterocycles. The Hall–Kier alpha value is -2.56. The molecule has 2 aliphatic rings. The Morgan fingerprint density at radius 2 is 2.00 bits per heavy atom. The molecule has 1 amide bonds. The van der Waals surface area contributed by atoms with Crippen molar-refractivity contribution in [2.45, 2.75) is 31.3 Å². The molecule has 1 spiro atoms. The highest BCUT2D eigenvalue weighted by Crippen LogP contribution is 2.44. The van der Waals surface area contributed by atoms with Gasteiger partial charge < -0.3 is 10.5 Å². The number of aryl methyl sites for hydroxylation is 2. The van der Waals surface area contributed by atoms with E-state index < -0.39 is 11.7 Å². The summed E-state index contributed by atoms with van der Waals surface area (Å²) >= 11 is 0. The summed E-state index contributed by atoms with van der Waals surface area (Å²) in [6, 6.07) is 9.92. The number of nitrogen functional groups attached to an aromatic ring is 1. The molecule has 22 heavy (non-hydrogen) atoms. The first-order valence-electron chi connectivity index (χ1n) is 7.49. The van der Waals surface area contributed by atoms with Gasteiger partial charge in [0.05, 0.1) is 0 Å².